The summed E-state index contributed by atoms with van der Waals surface area (Å²) in [5.41, 5.74) is 0. The molecule has 0 spiro atoms. The van der Waals surface area contributed by atoms with E-state index in [2.05, 4.69) is 9.08 Å². The average Bonchev–Trinajstić information content (AvgIpc) is 1.67. The van der Waals surface area contributed by atoms with Gasteiger partial charge in [-0.2, -0.15) is 0 Å². The Kier molecular flexibility index (Phi) is 3.01. The molecule has 0 aromatic rings. The van der Waals surface area contributed by atoms with Gasteiger partial charge in [0.1, 0.15) is 9.92 Å². The molecule has 0 heterocycles. The van der Waals surface area contributed by atoms with Crippen molar-refractivity contribution in [2.45, 2.75) is 6.92 Å². The highest BCUT2D eigenvalue weighted by molar-refractivity contribution is 7.91. The van der Waals surface area contributed by atoms with Crippen LogP contribution in [0.1, 0.15) is 6.92 Å². The Labute approximate surface area is 50.8 Å². The third kappa shape index (κ3) is 2.98. The maximum absolute atomic E-state index is 10.9. The van der Waals surface area contributed by atoms with Gasteiger partial charge in [-0.3, -0.25) is 0 Å². The predicted octanol–water partition coefficient (Wildman–Crippen LogP) is 0.238. The van der Waals surface area contributed by atoms with Crippen LogP contribution < -0.4 is 4.72 Å². The summed E-state index contributed by atoms with van der Waals surface area (Å²) in [6, 6.07) is 0. The van der Waals surface area contributed by atoms with Gasteiger partial charge in [0.05, 0.1) is 0 Å². The quantitative estimate of drug-likeness (QED) is 0.580. The van der Waals surface area contributed by atoms with Gasteiger partial charge in [0.2, 0.25) is 0 Å². The van der Waals surface area contributed by atoms with E-state index in [1.165, 1.54) is 0 Å². The Morgan fingerprint density at radius 2 is 2.25 bits per heavy atom. The van der Waals surface area contributed by atoms with Crippen LogP contribution in [-0.4, -0.2) is 24.1 Å². The normalized spacial score (nSPS) is 17.4. The van der Waals surface area contributed by atoms with Crippen molar-refractivity contribution in [2.24, 2.45) is 4.36 Å². The molecule has 0 aromatic heterocycles. The lowest BCUT2D eigenvalue weighted by atomic mass is 10.8. The van der Waals surface area contributed by atoms with Crippen LogP contribution in [0, 0.1) is 0 Å². The topological polar surface area (TPSA) is 41.5 Å². The maximum atomic E-state index is 10.9. The summed E-state index contributed by atoms with van der Waals surface area (Å²) < 4.78 is 17.2. The fourth-order valence-corrected chi connectivity index (χ4v) is 0.997. The molecule has 0 amide bonds. The maximum Gasteiger partial charge on any atom is 0.104 e. The van der Waals surface area contributed by atoms with E-state index >= 15 is 0 Å². The Morgan fingerprint density at radius 3 is 2.38 bits per heavy atom. The second-order valence-corrected chi connectivity index (χ2v) is 3.74. The predicted molar refractivity (Wildman–Crippen MR) is 36.1 cm³/mol. The third-order valence-electron chi connectivity index (χ3n) is 0.761. The summed E-state index contributed by atoms with van der Waals surface area (Å²) in [6.45, 7) is 2.60. The van der Waals surface area contributed by atoms with Gasteiger partial charge in [-0.15, -0.1) is 0 Å². The van der Waals surface area contributed by atoms with Crippen LogP contribution in [0.3, 0.4) is 0 Å². The van der Waals surface area contributed by atoms with Crippen molar-refractivity contribution in [3.05, 3.63) is 0 Å². The molecule has 0 aliphatic carbocycles. The van der Waals surface area contributed by atoms with Crippen molar-refractivity contribution in [2.75, 3.05) is 19.8 Å². The van der Waals surface area contributed by atoms with Crippen LogP contribution in [0.2, 0.25) is 0 Å². The lowest BCUT2D eigenvalue weighted by molar-refractivity contribution is 0.670. The van der Waals surface area contributed by atoms with E-state index in [1.807, 2.05) is 6.92 Å². The zero-order chi connectivity index (χ0) is 6.62. The molecule has 0 fully saturated rings. The minimum atomic E-state index is -2.04. The van der Waals surface area contributed by atoms with Gasteiger partial charge in [0.25, 0.3) is 0 Å². The van der Waals surface area contributed by atoms with Gasteiger partial charge >= 0.3 is 0 Å². The molecule has 0 saturated carbocycles. The van der Waals surface area contributed by atoms with Gasteiger partial charge in [-0.25, -0.2) is 13.3 Å². The summed E-state index contributed by atoms with van der Waals surface area (Å²) in [5, 5.41) is 0. The van der Waals surface area contributed by atoms with Crippen molar-refractivity contribution in [1.29, 1.82) is 0 Å². The van der Waals surface area contributed by atoms with Crippen LogP contribution in [0.5, 0.6) is 0 Å². The molecule has 8 heavy (non-hydrogen) atoms. The lowest BCUT2D eigenvalue weighted by Gasteiger charge is -1.99. The number of nitrogens with zero attached hydrogens (tertiary/aromatic N) is 1. The largest absolute Gasteiger partial charge is 0.234 e. The highest BCUT2D eigenvalue weighted by atomic mass is 32.2. The highest BCUT2D eigenvalue weighted by Gasteiger charge is 1.90. The molecule has 1 unspecified atom stereocenters. The first-order chi connectivity index (χ1) is 3.62. The summed E-state index contributed by atoms with van der Waals surface area (Å²) >= 11 is 0. The van der Waals surface area contributed by atoms with Crippen molar-refractivity contribution >= 4 is 9.92 Å². The molecule has 50 valence electrons. The van der Waals surface area contributed by atoms with Crippen LogP contribution in [-0.2, 0) is 9.92 Å². The van der Waals surface area contributed by atoms with Crippen molar-refractivity contribution in [3.63, 3.8) is 0 Å². The number of hydrogen-bond donors (Lipinski definition) is 1. The number of rotatable bonds is 2. The summed E-state index contributed by atoms with van der Waals surface area (Å²) in [7, 11) is -0.498. The van der Waals surface area contributed by atoms with E-state index in [4.69, 9.17) is 0 Å². The molecule has 0 radical (unpaired) electrons. The zero-order valence-electron chi connectivity index (χ0n) is 5.47. The zero-order valence-corrected chi connectivity index (χ0v) is 6.29. The second kappa shape index (κ2) is 3.04. The first kappa shape index (κ1) is 7.91. The van der Waals surface area contributed by atoms with Gasteiger partial charge < -0.3 is 0 Å². The van der Waals surface area contributed by atoms with E-state index in [1.54, 1.807) is 13.3 Å². The summed E-state index contributed by atoms with van der Waals surface area (Å²) in [5.74, 6) is 0. The molecular weight excluding hydrogens is 124 g/mol. The lowest BCUT2D eigenvalue weighted by Crippen LogP contribution is -2.20. The Bertz CT molecular complexity index is 157. The Morgan fingerprint density at radius 1 is 1.75 bits per heavy atom. The SMILES string of the molecule is CCNS(C)(=O)=NC. The second-order valence-electron chi connectivity index (χ2n) is 1.48. The van der Waals surface area contributed by atoms with Crippen molar-refractivity contribution < 1.29 is 4.21 Å². The van der Waals surface area contributed by atoms with E-state index in [-0.39, 0.29) is 0 Å². The molecule has 4 heteroatoms. The van der Waals surface area contributed by atoms with Crippen molar-refractivity contribution in [3.8, 4) is 0 Å². The number of hydrogen-bond acceptors (Lipinski definition) is 2. The summed E-state index contributed by atoms with van der Waals surface area (Å²) in [6.07, 6.45) is 1.58. The van der Waals surface area contributed by atoms with Gasteiger partial charge in [-0.1, -0.05) is 6.92 Å². The molecule has 0 aliphatic rings. The monoisotopic (exact) mass is 136 g/mol. The minimum Gasteiger partial charge on any atom is -0.234 e. The number of nitrogens with one attached hydrogen (secondary N) is 1. The Balaban J connectivity index is 3.96. The molecule has 0 saturated heterocycles. The molecular formula is C4H12N2OS. The molecule has 1 atom stereocenters. The van der Waals surface area contributed by atoms with Gasteiger partial charge in [0, 0.05) is 19.8 Å². The molecule has 0 aliphatic heterocycles. The fourth-order valence-electron chi connectivity index (χ4n) is 0.332. The molecule has 0 bridgehead atoms. The van der Waals surface area contributed by atoms with Crippen LogP contribution >= 0.6 is 0 Å². The first-order valence-electron chi connectivity index (χ1n) is 2.47. The van der Waals surface area contributed by atoms with Crippen LogP contribution in [0.25, 0.3) is 0 Å². The van der Waals surface area contributed by atoms with E-state index in [9.17, 15) is 4.21 Å². The van der Waals surface area contributed by atoms with Crippen LogP contribution in [0.4, 0.5) is 0 Å². The van der Waals surface area contributed by atoms with Crippen LogP contribution in [0.15, 0.2) is 4.36 Å². The van der Waals surface area contributed by atoms with Gasteiger partial charge in [0.15, 0.2) is 0 Å². The Hall–Kier alpha value is -0.0900. The third-order valence-corrected chi connectivity index (χ3v) is 2.28. The van der Waals surface area contributed by atoms with E-state index in [0.29, 0.717) is 6.54 Å². The molecule has 0 aromatic carbocycles. The highest BCUT2D eigenvalue weighted by Crippen LogP contribution is 1.78. The minimum absolute atomic E-state index is 0.701. The summed E-state index contributed by atoms with van der Waals surface area (Å²) in [4.78, 5) is 0. The smallest absolute Gasteiger partial charge is 0.104 e. The van der Waals surface area contributed by atoms with Crippen molar-refractivity contribution in [1.82, 2.24) is 4.72 Å². The van der Waals surface area contributed by atoms with E-state index in [0.717, 1.165) is 0 Å². The average molecular weight is 136 g/mol. The fraction of sp³-hybridized carbons (Fsp3) is 1.00. The molecule has 1 N–H and O–H groups in total. The standard InChI is InChI=1S/C4H12N2OS/c1-4-6-8(3,7)5-2/h4H2,1-3H3,(H,5,6,7). The van der Waals surface area contributed by atoms with E-state index < -0.39 is 9.92 Å². The van der Waals surface area contributed by atoms with Gasteiger partial charge in [-0.05, 0) is 0 Å². The molecule has 3 nitrogen and oxygen atoms in total. The first-order valence-corrected chi connectivity index (χ1v) is 4.39. The molecule has 0 rings (SSSR count).